The molecule has 0 aromatic carbocycles. The molecule has 5 rings (SSSR count). The molecule has 2 aromatic heterocycles. The maximum atomic E-state index is 4.58. The van der Waals surface area contributed by atoms with Gasteiger partial charge in [-0.3, -0.25) is 9.58 Å². The van der Waals surface area contributed by atoms with Gasteiger partial charge in [-0.05, 0) is 63.6 Å². The van der Waals surface area contributed by atoms with Gasteiger partial charge in [-0.2, -0.15) is 10.2 Å². The van der Waals surface area contributed by atoms with Crippen molar-refractivity contribution in [2.45, 2.75) is 64.1 Å². The molecule has 4 heterocycles. The number of fused-ring (bicyclic) bond motifs is 2. The van der Waals surface area contributed by atoms with Crippen LogP contribution in [0, 0.1) is 0 Å². The number of hydrogen-bond acceptors (Lipinski definition) is 5. The van der Waals surface area contributed by atoms with Crippen molar-refractivity contribution < 1.29 is 0 Å². The monoisotopic (exact) mass is 352 g/mol. The molecule has 2 aromatic rings. The highest BCUT2D eigenvalue weighted by Gasteiger charge is 2.32. The van der Waals surface area contributed by atoms with Crippen LogP contribution < -0.4 is 4.90 Å². The maximum absolute atomic E-state index is 4.58. The molecule has 0 atom stereocenters. The maximum Gasteiger partial charge on any atom is 0.151 e. The van der Waals surface area contributed by atoms with Crippen LogP contribution in [0.25, 0.3) is 0 Å². The van der Waals surface area contributed by atoms with Gasteiger partial charge in [0.05, 0.1) is 11.9 Å². The Kier molecular flexibility index (Phi) is 4.15. The van der Waals surface area contributed by atoms with E-state index in [-0.39, 0.29) is 0 Å². The molecule has 1 saturated heterocycles. The Bertz CT molecular complexity index is 792. The Labute approximate surface area is 155 Å². The molecule has 0 radical (unpaired) electrons. The molecule has 6 nitrogen and oxygen atoms in total. The van der Waals surface area contributed by atoms with Crippen LogP contribution in [-0.2, 0) is 32.4 Å². The summed E-state index contributed by atoms with van der Waals surface area (Å²) in [5.74, 6) is 1.07. The lowest BCUT2D eigenvalue weighted by Gasteiger charge is -2.44. The van der Waals surface area contributed by atoms with E-state index in [9.17, 15) is 0 Å². The summed E-state index contributed by atoms with van der Waals surface area (Å²) < 4.78 is 2.21. The average Bonchev–Trinajstić information content (AvgIpc) is 3.03. The van der Waals surface area contributed by atoms with Crippen molar-refractivity contribution in [3.8, 4) is 0 Å². The second-order valence-corrected chi connectivity index (χ2v) is 8.15. The lowest BCUT2D eigenvalue weighted by atomic mass is 9.96. The second-order valence-electron chi connectivity index (χ2n) is 8.15. The highest BCUT2D eigenvalue weighted by atomic mass is 15.4. The van der Waals surface area contributed by atoms with Gasteiger partial charge in [-0.25, -0.2) is 0 Å². The smallest absolute Gasteiger partial charge is 0.151 e. The zero-order chi connectivity index (χ0) is 17.5. The Morgan fingerprint density at radius 1 is 1.08 bits per heavy atom. The van der Waals surface area contributed by atoms with Crippen LogP contribution in [0.5, 0.6) is 0 Å². The minimum Gasteiger partial charge on any atom is -0.352 e. The molecular formula is C20H28N6. The third kappa shape index (κ3) is 2.90. The van der Waals surface area contributed by atoms with Gasteiger partial charge in [0.1, 0.15) is 0 Å². The van der Waals surface area contributed by atoms with Crippen LogP contribution in [0.15, 0.2) is 12.3 Å². The quantitative estimate of drug-likeness (QED) is 0.844. The fourth-order valence-corrected chi connectivity index (χ4v) is 4.57. The van der Waals surface area contributed by atoms with Gasteiger partial charge >= 0.3 is 0 Å². The third-order valence-electron chi connectivity index (χ3n) is 6.35. The first-order chi connectivity index (χ1) is 12.8. The summed E-state index contributed by atoms with van der Waals surface area (Å²) in [6.45, 7) is 4.19. The summed E-state index contributed by atoms with van der Waals surface area (Å²) in [5, 5.41) is 13.5. The zero-order valence-electron chi connectivity index (χ0n) is 15.7. The standard InChI is InChI=1S/C20H28N6/c1-24(12-16-11-21-26-9-5-4-8-19(16)26)17-13-25(14-17)20-10-15-6-2-3-7-18(15)22-23-20/h10-11,17H,2-9,12-14H2,1H3. The molecule has 0 N–H and O–H groups in total. The third-order valence-corrected chi connectivity index (χ3v) is 6.35. The van der Waals surface area contributed by atoms with Crippen LogP contribution in [0.2, 0.25) is 0 Å². The van der Waals surface area contributed by atoms with Crippen molar-refractivity contribution in [1.29, 1.82) is 0 Å². The number of nitrogens with zero attached hydrogens (tertiary/aromatic N) is 6. The predicted molar refractivity (Wildman–Crippen MR) is 101 cm³/mol. The van der Waals surface area contributed by atoms with Crippen molar-refractivity contribution in [3.05, 3.63) is 34.8 Å². The first-order valence-corrected chi connectivity index (χ1v) is 10.1. The summed E-state index contributed by atoms with van der Waals surface area (Å²) in [5.41, 5.74) is 5.52. The predicted octanol–water partition coefficient (Wildman–Crippen LogP) is 2.21. The number of aromatic nitrogens is 4. The van der Waals surface area contributed by atoms with E-state index in [1.165, 1.54) is 61.0 Å². The number of hydrogen-bond donors (Lipinski definition) is 0. The van der Waals surface area contributed by atoms with Gasteiger partial charge in [-0.1, -0.05) is 0 Å². The lowest BCUT2D eigenvalue weighted by molar-refractivity contribution is 0.196. The van der Waals surface area contributed by atoms with Crippen LogP contribution in [0.4, 0.5) is 5.82 Å². The van der Waals surface area contributed by atoms with Crippen LogP contribution in [-0.4, -0.2) is 51.1 Å². The molecule has 1 aliphatic carbocycles. The largest absolute Gasteiger partial charge is 0.352 e. The van der Waals surface area contributed by atoms with E-state index in [0.29, 0.717) is 6.04 Å². The number of likely N-dealkylation sites (N-methyl/N-ethyl adjacent to an activating group) is 1. The summed E-state index contributed by atoms with van der Waals surface area (Å²) in [6.07, 6.45) is 10.7. The van der Waals surface area contributed by atoms with Crippen LogP contribution in [0.3, 0.4) is 0 Å². The molecule has 0 bridgehead atoms. The van der Waals surface area contributed by atoms with Crippen molar-refractivity contribution in [1.82, 2.24) is 24.9 Å². The number of rotatable bonds is 4. The Hall–Kier alpha value is -1.95. The summed E-state index contributed by atoms with van der Waals surface area (Å²) in [7, 11) is 2.24. The molecule has 6 heteroatoms. The summed E-state index contributed by atoms with van der Waals surface area (Å²) in [4.78, 5) is 4.85. The lowest BCUT2D eigenvalue weighted by Crippen LogP contribution is -2.58. The van der Waals surface area contributed by atoms with Gasteiger partial charge in [0, 0.05) is 43.5 Å². The highest BCUT2D eigenvalue weighted by Crippen LogP contribution is 2.27. The van der Waals surface area contributed by atoms with E-state index in [1.807, 2.05) is 0 Å². The molecule has 0 spiro atoms. The van der Waals surface area contributed by atoms with E-state index in [0.717, 1.165) is 38.4 Å². The molecule has 138 valence electrons. The topological polar surface area (TPSA) is 50.1 Å². The van der Waals surface area contributed by atoms with Gasteiger partial charge in [0.2, 0.25) is 0 Å². The fourth-order valence-electron chi connectivity index (χ4n) is 4.57. The molecule has 3 aliphatic rings. The van der Waals surface area contributed by atoms with Crippen molar-refractivity contribution >= 4 is 5.82 Å². The van der Waals surface area contributed by atoms with E-state index in [1.54, 1.807) is 0 Å². The Morgan fingerprint density at radius 3 is 2.85 bits per heavy atom. The van der Waals surface area contributed by atoms with Crippen molar-refractivity contribution in [3.63, 3.8) is 0 Å². The molecule has 26 heavy (non-hydrogen) atoms. The molecular weight excluding hydrogens is 324 g/mol. The van der Waals surface area contributed by atoms with E-state index in [2.05, 4.69) is 49.1 Å². The van der Waals surface area contributed by atoms with Gasteiger partial charge in [0.15, 0.2) is 5.82 Å². The number of aryl methyl sites for hydroxylation is 3. The molecule has 0 amide bonds. The molecule has 0 saturated carbocycles. The SMILES string of the molecule is CN(Cc1cnn2c1CCCC2)C1CN(c2cc3c(nn2)CCCC3)C1. The first kappa shape index (κ1) is 16.2. The van der Waals surface area contributed by atoms with Crippen molar-refractivity contribution in [2.24, 2.45) is 0 Å². The van der Waals surface area contributed by atoms with Crippen LogP contribution >= 0.6 is 0 Å². The average molecular weight is 352 g/mol. The van der Waals surface area contributed by atoms with Gasteiger partial charge in [0.25, 0.3) is 0 Å². The first-order valence-electron chi connectivity index (χ1n) is 10.1. The van der Waals surface area contributed by atoms with Crippen molar-refractivity contribution in [2.75, 3.05) is 25.0 Å². The minimum atomic E-state index is 0.590. The fraction of sp³-hybridized carbons (Fsp3) is 0.650. The van der Waals surface area contributed by atoms with E-state index >= 15 is 0 Å². The van der Waals surface area contributed by atoms with E-state index in [4.69, 9.17) is 0 Å². The summed E-state index contributed by atoms with van der Waals surface area (Å²) in [6, 6.07) is 2.87. The highest BCUT2D eigenvalue weighted by molar-refractivity contribution is 5.45. The molecule has 1 fully saturated rings. The zero-order valence-corrected chi connectivity index (χ0v) is 15.7. The van der Waals surface area contributed by atoms with Gasteiger partial charge in [-0.15, -0.1) is 5.10 Å². The molecule has 0 unspecified atom stereocenters. The molecule has 2 aliphatic heterocycles. The number of anilines is 1. The summed E-state index contributed by atoms with van der Waals surface area (Å²) >= 11 is 0. The van der Waals surface area contributed by atoms with Gasteiger partial charge < -0.3 is 4.90 Å². The van der Waals surface area contributed by atoms with E-state index < -0.39 is 0 Å². The Balaban J connectivity index is 1.21. The van der Waals surface area contributed by atoms with Crippen LogP contribution in [0.1, 0.15) is 48.2 Å². The second kappa shape index (κ2) is 6.65. The normalized spacial score (nSPS) is 20.0. The Morgan fingerprint density at radius 2 is 1.92 bits per heavy atom. The minimum absolute atomic E-state index is 0.590.